The third-order valence-electron chi connectivity index (χ3n) is 3.58. The third-order valence-corrected chi connectivity index (χ3v) is 3.94. The lowest BCUT2D eigenvalue weighted by molar-refractivity contribution is -0.137. The van der Waals surface area contributed by atoms with Crippen molar-refractivity contribution >= 4 is 17.3 Å². The SMILES string of the molecule is OC(CCl)CN1CCN(c2ccc(C(F)(F)F)cc2)CC1. The Morgan fingerprint density at radius 3 is 2.14 bits per heavy atom. The van der Waals surface area contributed by atoms with Gasteiger partial charge >= 0.3 is 6.18 Å². The second-order valence-corrected chi connectivity index (χ2v) is 5.45. The fourth-order valence-corrected chi connectivity index (χ4v) is 2.49. The number of aliphatic hydroxyl groups excluding tert-OH is 1. The Hall–Kier alpha value is -0.980. The van der Waals surface area contributed by atoms with Crippen LogP contribution in [0.4, 0.5) is 18.9 Å². The Kier molecular flexibility index (Phi) is 5.35. The lowest BCUT2D eigenvalue weighted by atomic mass is 10.1. The molecule has 1 atom stereocenters. The van der Waals surface area contributed by atoms with Gasteiger partial charge in [-0.3, -0.25) is 4.90 Å². The Bertz CT molecular complexity index is 445. The zero-order valence-electron chi connectivity index (χ0n) is 11.5. The molecule has 1 aliphatic heterocycles. The first-order valence-corrected chi connectivity index (χ1v) is 7.32. The van der Waals surface area contributed by atoms with E-state index >= 15 is 0 Å². The number of aliphatic hydroxyl groups is 1. The molecule has 0 bridgehead atoms. The van der Waals surface area contributed by atoms with Crippen molar-refractivity contribution in [1.29, 1.82) is 0 Å². The molecule has 118 valence electrons. The maximum atomic E-state index is 12.5. The normalized spacial score (nSPS) is 18.8. The predicted octanol–water partition coefficient (Wildman–Crippen LogP) is 2.43. The van der Waals surface area contributed by atoms with Crippen molar-refractivity contribution in [3.63, 3.8) is 0 Å². The molecule has 21 heavy (non-hydrogen) atoms. The minimum absolute atomic E-state index is 0.207. The number of hydrogen-bond acceptors (Lipinski definition) is 3. The molecule has 1 fully saturated rings. The molecule has 1 aromatic carbocycles. The van der Waals surface area contributed by atoms with Crippen LogP contribution in [0.5, 0.6) is 0 Å². The van der Waals surface area contributed by atoms with E-state index in [4.69, 9.17) is 11.6 Å². The van der Waals surface area contributed by atoms with Crippen LogP contribution in [0.1, 0.15) is 5.56 Å². The molecule has 3 nitrogen and oxygen atoms in total. The van der Waals surface area contributed by atoms with E-state index in [1.54, 1.807) is 0 Å². The van der Waals surface area contributed by atoms with Crippen molar-refractivity contribution in [2.45, 2.75) is 12.3 Å². The first-order valence-electron chi connectivity index (χ1n) is 6.79. The molecule has 0 spiro atoms. The standard InChI is InChI=1S/C14H18ClF3N2O/c15-9-13(21)10-19-5-7-20(8-6-19)12-3-1-11(2-4-12)14(16,17)18/h1-4,13,21H,5-10H2. The van der Waals surface area contributed by atoms with Crippen molar-refractivity contribution in [3.05, 3.63) is 29.8 Å². The maximum Gasteiger partial charge on any atom is 0.416 e. The van der Waals surface area contributed by atoms with Crippen molar-refractivity contribution in [3.8, 4) is 0 Å². The fraction of sp³-hybridized carbons (Fsp3) is 0.571. The van der Waals surface area contributed by atoms with Crippen molar-refractivity contribution < 1.29 is 18.3 Å². The lowest BCUT2D eigenvalue weighted by Crippen LogP contribution is -2.48. The van der Waals surface area contributed by atoms with Crippen LogP contribution in [0.25, 0.3) is 0 Å². The highest BCUT2D eigenvalue weighted by Crippen LogP contribution is 2.30. The molecule has 1 heterocycles. The lowest BCUT2D eigenvalue weighted by Gasteiger charge is -2.36. The van der Waals surface area contributed by atoms with Gasteiger partial charge in [-0.1, -0.05) is 0 Å². The molecule has 2 rings (SSSR count). The van der Waals surface area contributed by atoms with Gasteiger partial charge in [0.1, 0.15) is 0 Å². The van der Waals surface area contributed by atoms with Crippen LogP contribution in [0.3, 0.4) is 0 Å². The second-order valence-electron chi connectivity index (χ2n) is 5.14. The molecule has 1 unspecified atom stereocenters. The van der Waals surface area contributed by atoms with Crippen LogP contribution >= 0.6 is 11.6 Å². The molecule has 1 N–H and O–H groups in total. The molecule has 0 radical (unpaired) electrons. The van der Waals surface area contributed by atoms with Gasteiger partial charge in [0.25, 0.3) is 0 Å². The average Bonchev–Trinajstić information content (AvgIpc) is 2.47. The summed E-state index contributed by atoms with van der Waals surface area (Å²) in [5, 5.41) is 9.51. The Labute approximate surface area is 126 Å². The van der Waals surface area contributed by atoms with Gasteiger partial charge in [-0.15, -0.1) is 11.6 Å². The minimum Gasteiger partial charge on any atom is -0.391 e. The fourth-order valence-electron chi connectivity index (χ4n) is 2.40. The van der Waals surface area contributed by atoms with E-state index in [2.05, 4.69) is 4.90 Å². The van der Waals surface area contributed by atoms with E-state index in [0.717, 1.165) is 44.0 Å². The number of benzene rings is 1. The molecule has 1 aromatic rings. The van der Waals surface area contributed by atoms with Crippen LogP contribution in [0, 0.1) is 0 Å². The number of β-amino-alcohol motifs (C(OH)–C–C–N with tert-alkyl or cyclic N) is 1. The van der Waals surface area contributed by atoms with Crippen molar-refractivity contribution in [2.75, 3.05) is 43.5 Å². The molecule has 1 aliphatic rings. The van der Waals surface area contributed by atoms with E-state index < -0.39 is 17.8 Å². The van der Waals surface area contributed by atoms with Gasteiger partial charge in [-0.05, 0) is 24.3 Å². The highest BCUT2D eigenvalue weighted by molar-refractivity contribution is 6.18. The quantitative estimate of drug-likeness (QED) is 0.863. The number of anilines is 1. The highest BCUT2D eigenvalue weighted by Gasteiger charge is 2.30. The van der Waals surface area contributed by atoms with E-state index in [1.165, 1.54) is 12.1 Å². The summed E-state index contributed by atoms with van der Waals surface area (Å²) >= 11 is 5.57. The average molecular weight is 323 g/mol. The molecular weight excluding hydrogens is 305 g/mol. The molecule has 7 heteroatoms. The molecule has 0 aromatic heterocycles. The summed E-state index contributed by atoms with van der Waals surface area (Å²) in [5.41, 5.74) is 0.163. The van der Waals surface area contributed by atoms with Crippen molar-refractivity contribution in [1.82, 2.24) is 4.90 Å². The largest absolute Gasteiger partial charge is 0.416 e. The van der Waals surface area contributed by atoms with Crippen LogP contribution in [-0.4, -0.2) is 54.7 Å². The van der Waals surface area contributed by atoms with Crippen LogP contribution in [0.2, 0.25) is 0 Å². The first-order chi connectivity index (χ1) is 9.90. The van der Waals surface area contributed by atoms with E-state index in [0.29, 0.717) is 6.54 Å². The predicted molar refractivity (Wildman–Crippen MR) is 76.8 cm³/mol. The van der Waals surface area contributed by atoms with Crippen LogP contribution in [0.15, 0.2) is 24.3 Å². The molecular formula is C14H18ClF3N2O. The molecule has 0 saturated carbocycles. The smallest absolute Gasteiger partial charge is 0.391 e. The third kappa shape index (κ3) is 4.49. The minimum atomic E-state index is -4.30. The Morgan fingerprint density at radius 1 is 1.10 bits per heavy atom. The van der Waals surface area contributed by atoms with Crippen LogP contribution in [-0.2, 0) is 6.18 Å². The van der Waals surface area contributed by atoms with Gasteiger partial charge in [0.05, 0.1) is 11.7 Å². The Morgan fingerprint density at radius 2 is 1.67 bits per heavy atom. The van der Waals surface area contributed by atoms with E-state index in [-0.39, 0.29) is 5.88 Å². The maximum absolute atomic E-state index is 12.5. The summed E-state index contributed by atoms with van der Waals surface area (Å²) in [4.78, 5) is 4.15. The Balaban J connectivity index is 1.90. The highest BCUT2D eigenvalue weighted by atomic mass is 35.5. The number of hydrogen-bond donors (Lipinski definition) is 1. The van der Waals surface area contributed by atoms with Crippen molar-refractivity contribution in [2.24, 2.45) is 0 Å². The molecule has 0 amide bonds. The topological polar surface area (TPSA) is 26.7 Å². The summed E-state index contributed by atoms with van der Waals surface area (Å²) in [6, 6.07) is 5.23. The number of piperazine rings is 1. The number of alkyl halides is 4. The molecule has 0 aliphatic carbocycles. The van der Waals surface area contributed by atoms with Gasteiger partial charge in [0.2, 0.25) is 0 Å². The summed E-state index contributed by atoms with van der Waals surface area (Å²) in [6.07, 6.45) is -4.83. The van der Waals surface area contributed by atoms with Gasteiger partial charge in [-0.2, -0.15) is 13.2 Å². The zero-order valence-corrected chi connectivity index (χ0v) is 12.2. The monoisotopic (exact) mass is 322 g/mol. The first kappa shape index (κ1) is 16.4. The van der Waals surface area contributed by atoms with Gasteiger partial charge in [0, 0.05) is 44.3 Å². The zero-order chi connectivity index (χ0) is 15.5. The summed E-state index contributed by atoms with van der Waals surface area (Å²) in [5.74, 6) is 0.207. The molecule has 1 saturated heterocycles. The number of rotatable bonds is 4. The number of halogens is 4. The number of nitrogens with zero attached hydrogens (tertiary/aromatic N) is 2. The summed E-state index contributed by atoms with van der Waals surface area (Å²) in [7, 11) is 0. The summed E-state index contributed by atoms with van der Waals surface area (Å²) < 4.78 is 37.5. The summed E-state index contributed by atoms with van der Waals surface area (Å²) in [6.45, 7) is 3.50. The van der Waals surface area contributed by atoms with Gasteiger partial charge < -0.3 is 10.0 Å². The van der Waals surface area contributed by atoms with Gasteiger partial charge in [0.15, 0.2) is 0 Å². The van der Waals surface area contributed by atoms with E-state index in [9.17, 15) is 18.3 Å². The van der Waals surface area contributed by atoms with Gasteiger partial charge in [-0.25, -0.2) is 0 Å². The second kappa shape index (κ2) is 6.85. The van der Waals surface area contributed by atoms with Crippen LogP contribution < -0.4 is 4.90 Å². The van der Waals surface area contributed by atoms with E-state index in [1.807, 2.05) is 4.90 Å².